The molecule has 6 rings (SSSR count). The Hall–Kier alpha value is -4.06. The van der Waals surface area contributed by atoms with Crippen molar-refractivity contribution < 1.29 is 14.3 Å². The molecule has 0 aliphatic carbocycles. The maximum atomic E-state index is 13.6. The molecular formula is C35H33ClN2O3. The first-order chi connectivity index (χ1) is 20.0. The summed E-state index contributed by atoms with van der Waals surface area (Å²) in [6.07, 6.45) is 2.59. The van der Waals surface area contributed by atoms with Crippen LogP contribution in [-0.2, 0) is 16.1 Å². The van der Waals surface area contributed by atoms with Gasteiger partial charge in [0.05, 0.1) is 13.2 Å². The van der Waals surface area contributed by atoms with Crippen molar-refractivity contribution in [2.45, 2.75) is 25.8 Å². The van der Waals surface area contributed by atoms with Crippen molar-refractivity contribution in [3.63, 3.8) is 0 Å². The van der Waals surface area contributed by atoms with Gasteiger partial charge in [0.25, 0.3) is 0 Å². The number of nitrogens with zero attached hydrogens (tertiary/aromatic N) is 2. The van der Waals surface area contributed by atoms with Gasteiger partial charge in [-0.05, 0) is 66.1 Å². The quantitative estimate of drug-likeness (QED) is 0.193. The number of ether oxygens (including phenoxy) is 2. The van der Waals surface area contributed by atoms with Gasteiger partial charge in [-0.15, -0.1) is 0 Å². The summed E-state index contributed by atoms with van der Waals surface area (Å²) >= 11 is 6.07. The molecular weight excluding hydrogens is 532 g/mol. The number of aromatic nitrogens is 1. The molecule has 1 aliphatic heterocycles. The smallest absolute Gasteiger partial charge is 0.223 e. The molecule has 0 spiro atoms. The van der Waals surface area contributed by atoms with Crippen molar-refractivity contribution in [1.29, 1.82) is 0 Å². The fraction of sp³-hybridized carbons (Fsp3) is 0.229. The van der Waals surface area contributed by atoms with E-state index < -0.39 is 0 Å². The molecule has 0 N–H and O–H groups in total. The lowest BCUT2D eigenvalue weighted by Crippen LogP contribution is -2.41. The molecule has 1 amide bonds. The summed E-state index contributed by atoms with van der Waals surface area (Å²) < 4.78 is 14.0. The second-order valence-electron chi connectivity index (χ2n) is 10.6. The van der Waals surface area contributed by atoms with E-state index in [1.807, 2.05) is 41.3 Å². The Morgan fingerprint density at radius 2 is 1.66 bits per heavy atom. The van der Waals surface area contributed by atoms with Crippen LogP contribution in [0.3, 0.4) is 0 Å². The number of aryl methyl sites for hydroxylation is 1. The lowest BCUT2D eigenvalue weighted by Gasteiger charge is -2.29. The van der Waals surface area contributed by atoms with Crippen LogP contribution >= 0.6 is 11.6 Å². The largest absolute Gasteiger partial charge is 0.457 e. The Kier molecular flexibility index (Phi) is 8.08. The molecule has 5 aromatic rings. The van der Waals surface area contributed by atoms with Crippen LogP contribution in [0.2, 0.25) is 5.02 Å². The van der Waals surface area contributed by atoms with Crippen molar-refractivity contribution in [1.82, 2.24) is 9.47 Å². The molecule has 0 radical (unpaired) electrons. The molecule has 0 bridgehead atoms. The first-order valence-electron chi connectivity index (χ1n) is 14.1. The number of amides is 1. The SMILES string of the molecule is Cc1ccc(Cn2cc(C(CC(=O)N3CCOCC3)c3cccc(Oc4ccc(Cl)cc4)c3)c3ccccc32)cc1. The average molecular weight is 565 g/mol. The highest BCUT2D eigenvalue weighted by atomic mass is 35.5. The highest BCUT2D eigenvalue weighted by molar-refractivity contribution is 6.30. The van der Waals surface area contributed by atoms with Crippen LogP contribution in [0.25, 0.3) is 10.9 Å². The first-order valence-corrected chi connectivity index (χ1v) is 14.4. The summed E-state index contributed by atoms with van der Waals surface area (Å²) in [6.45, 7) is 5.27. The summed E-state index contributed by atoms with van der Waals surface area (Å²) in [6, 6.07) is 32.6. The summed E-state index contributed by atoms with van der Waals surface area (Å²) in [4.78, 5) is 15.6. The highest BCUT2D eigenvalue weighted by Gasteiger charge is 2.26. The van der Waals surface area contributed by atoms with E-state index in [2.05, 4.69) is 78.4 Å². The molecule has 6 heteroatoms. The highest BCUT2D eigenvalue weighted by Crippen LogP contribution is 2.37. The number of hydrogen-bond acceptors (Lipinski definition) is 3. The fourth-order valence-electron chi connectivity index (χ4n) is 5.53. The van der Waals surface area contributed by atoms with Crippen molar-refractivity contribution in [3.8, 4) is 11.5 Å². The zero-order valence-corrected chi connectivity index (χ0v) is 23.9. The molecule has 2 heterocycles. The molecule has 1 aromatic heterocycles. The van der Waals surface area contributed by atoms with Crippen LogP contribution in [0.4, 0.5) is 0 Å². The predicted molar refractivity (Wildman–Crippen MR) is 164 cm³/mol. The number of hydrogen-bond donors (Lipinski definition) is 0. The van der Waals surface area contributed by atoms with Crippen molar-refractivity contribution in [2.24, 2.45) is 0 Å². The van der Waals surface area contributed by atoms with Crippen LogP contribution in [0.1, 0.15) is 34.6 Å². The summed E-state index contributed by atoms with van der Waals surface area (Å²) in [5.74, 6) is 1.42. The number of rotatable bonds is 8. The number of benzene rings is 4. The molecule has 0 saturated carbocycles. The van der Waals surface area contributed by atoms with Gasteiger partial charge < -0.3 is 18.9 Å². The minimum atomic E-state index is -0.150. The molecule has 1 saturated heterocycles. The van der Waals surface area contributed by atoms with Gasteiger partial charge in [-0.3, -0.25) is 4.79 Å². The van der Waals surface area contributed by atoms with E-state index in [9.17, 15) is 4.79 Å². The number of carbonyl (C=O) groups excluding carboxylic acids is 1. The molecule has 4 aromatic carbocycles. The van der Waals surface area contributed by atoms with Crippen LogP contribution in [0.5, 0.6) is 11.5 Å². The number of morpholine rings is 1. The Morgan fingerprint density at radius 1 is 0.902 bits per heavy atom. The normalized spacial score (nSPS) is 14.2. The van der Waals surface area contributed by atoms with E-state index in [1.54, 1.807) is 0 Å². The number of halogens is 1. The standard InChI is InChI=1S/C35H33ClN2O3/c1-25-9-11-26(12-10-25)23-38-24-33(31-7-2-3-8-34(31)38)32(22-35(39)37-17-19-40-20-18-37)27-5-4-6-30(21-27)41-29-15-13-28(36)14-16-29/h2-16,21,24,32H,17-20,22-23H2,1H3. The third-order valence-corrected chi connectivity index (χ3v) is 7.97. The first kappa shape index (κ1) is 27.1. The average Bonchev–Trinajstić information content (AvgIpc) is 3.36. The minimum absolute atomic E-state index is 0.137. The second kappa shape index (κ2) is 12.2. The Bertz CT molecular complexity index is 1640. The second-order valence-corrected chi connectivity index (χ2v) is 11.0. The van der Waals surface area contributed by atoms with Gasteiger partial charge in [-0.2, -0.15) is 0 Å². The Balaban J connectivity index is 1.39. The van der Waals surface area contributed by atoms with Gasteiger partial charge in [0.15, 0.2) is 0 Å². The number of carbonyl (C=O) groups is 1. The molecule has 1 atom stereocenters. The molecule has 208 valence electrons. The topological polar surface area (TPSA) is 43.7 Å². The maximum Gasteiger partial charge on any atom is 0.223 e. The van der Waals surface area contributed by atoms with E-state index in [4.69, 9.17) is 21.1 Å². The van der Waals surface area contributed by atoms with Crippen LogP contribution in [0, 0.1) is 6.92 Å². The predicted octanol–water partition coefficient (Wildman–Crippen LogP) is 7.82. The molecule has 41 heavy (non-hydrogen) atoms. The van der Waals surface area contributed by atoms with Gasteiger partial charge in [-0.25, -0.2) is 0 Å². The lowest BCUT2D eigenvalue weighted by atomic mass is 9.87. The number of para-hydroxylation sites is 1. The lowest BCUT2D eigenvalue weighted by molar-refractivity contribution is -0.135. The van der Waals surface area contributed by atoms with E-state index in [0.717, 1.165) is 34.3 Å². The molecule has 1 unspecified atom stereocenters. The zero-order valence-electron chi connectivity index (χ0n) is 23.1. The fourth-order valence-corrected chi connectivity index (χ4v) is 5.66. The van der Waals surface area contributed by atoms with Gasteiger partial charge in [0.2, 0.25) is 5.91 Å². The molecule has 5 nitrogen and oxygen atoms in total. The summed E-state index contributed by atoms with van der Waals surface area (Å²) in [5, 5.41) is 1.82. The van der Waals surface area contributed by atoms with Crippen LogP contribution < -0.4 is 4.74 Å². The van der Waals surface area contributed by atoms with Gasteiger partial charge in [0.1, 0.15) is 11.5 Å². The Morgan fingerprint density at radius 3 is 2.44 bits per heavy atom. The van der Waals surface area contributed by atoms with Crippen molar-refractivity contribution in [2.75, 3.05) is 26.3 Å². The third-order valence-electron chi connectivity index (χ3n) is 7.72. The van der Waals surface area contributed by atoms with Gasteiger partial charge >= 0.3 is 0 Å². The third kappa shape index (κ3) is 6.32. The van der Waals surface area contributed by atoms with Crippen LogP contribution in [0.15, 0.2) is 103 Å². The van der Waals surface area contributed by atoms with E-state index in [0.29, 0.717) is 43.5 Å². The van der Waals surface area contributed by atoms with Crippen molar-refractivity contribution in [3.05, 3.63) is 131 Å². The summed E-state index contributed by atoms with van der Waals surface area (Å²) in [5.41, 5.74) is 5.81. The van der Waals surface area contributed by atoms with Crippen LogP contribution in [-0.4, -0.2) is 41.7 Å². The minimum Gasteiger partial charge on any atom is -0.457 e. The van der Waals surface area contributed by atoms with E-state index in [-0.39, 0.29) is 11.8 Å². The Labute approximate surface area is 245 Å². The number of fused-ring (bicyclic) bond motifs is 1. The molecule has 1 fully saturated rings. The van der Waals surface area contributed by atoms with Gasteiger partial charge in [-0.1, -0.05) is 71.8 Å². The van der Waals surface area contributed by atoms with Crippen molar-refractivity contribution >= 4 is 28.4 Å². The maximum absolute atomic E-state index is 13.6. The monoisotopic (exact) mass is 564 g/mol. The van der Waals surface area contributed by atoms with Gasteiger partial charge in [0, 0.05) is 54.1 Å². The summed E-state index contributed by atoms with van der Waals surface area (Å²) in [7, 11) is 0. The van der Waals surface area contributed by atoms with E-state index >= 15 is 0 Å². The zero-order chi connectivity index (χ0) is 28.2. The van der Waals surface area contributed by atoms with E-state index in [1.165, 1.54) is 11.1 Å². The molecule has 1 aliphatic rings.